The van der Waals surface area contributed by atoms with E-state index in [-0.39, 0.29) is 32.8 Å². The van der Waals surface area contributed by atoms with E-state index in [0.29, 0.717) is 17.1 Å². The summed E-state index contributed by atoms with van der Waals surface area (Å²) in [5.74, 6) is -0.828. The topological polar surface area (TPSA) is 91.0 Å². The highest BCUT2D eigenvalue weighted by Crippen LogP contribution is 2.36. The van der Waals surface area contributed by atoms with Crippen molar-refractivity contribution >= 4 is 46.0 Å². The third-order valence-electron chi connectivity index (χ3n) is 5.00. The zero-order valence-corrected chi connectivity index (χ0v) is 17.9. The number of allylic oxidation sites excluding steroid dienone is 2. The molecule has 0 fully saturated rings. The molecule has 0 saturated carbocycles. The second-order valence-electron chi connectivity index (χ2n) is 6.82. The third kappa shape index (κ3) is 3.03. The van der Waals surface area contributed by atoms with E-state index in [1.165, 1.54) is 24.7 Å². The molecule has 0 amide bonds. The minimum Gasteiger partial charge on any atom is -0.289 e. The maximum atomic E-state index is 13.3. The van der Waals surface area contributed by atoms with Crippen molar-refractivity contribution in [2.75, 3.05) is 0 Å². The number of halogens is 1. The van der Waals surface area contributed by atoms with Crippen molar-refractivity contribution in [3.05, 3.63) is 77.9 Å². The number of aryl methyl sites for hydroxylation is 2. The first-order valence-electron chi connectivity index (χ1n) is 9.11. The van der Waals surface area contributed by atoms with Crippen molar-refractivity contribution in [3.63, 3.8) is 0 Å². The summed E-state index contributed by atoms with van der Waals surface area (Å²) in [6, 6.07) is 6.91. The molecule has 0 radical (unpaired) electrons. The number of rotatable bonds is 3. The Bertz CT molecular complexity index is 1400. The first-order chi connectivity index (χ1) is 14.2. The first-order valence-corrected chi connectivity index (χ1v) is 10.3. The van der Waals surface area contributed by atoms with Gasteiger partial charge in [-0.2, -0.15) is 0 Å². The summed E-state index contributed by atoms with van der Waals surface area (Å²) in [5.41, 5.74) is -0.583. The van der Waals surface area contributed by atoms with Crippen LogP contribution >= 0.6 is 23.4 Å². The van der Waals surface area contributed by atoms with Crippen LogP contribution in [0.2, 0.25) is 5.02 Å². The average Bonchev–Trinajstić information content (AvgIpc) is 2.74. The van der Waals surface area contributed by atoms with Crippen molar-refractivity contribution in [2.45, 2.75) is 18.2 Å². The van der Waals surface area contributed by atoms with Gasteiger partial charge in [0.2, 0.25) is 5.78 Å². The van der Waals surface area contributed by atoms with Crippen LogP contribution in [0, 0.1) is 0 Å². The smallest absolute Gasteiger partial charge is 0.289 e. The van der Waals surface area contributed by atoms with Crippen LogP contribution in [0.5, 0.6) is 0 Å². The molecule has 0 bridgehead atoms. The maximum absolute atomic E-state index is 13.3. The number of benzene rings is 1. The van der Waals surface area contributed by atoms with Crippen molar-refractivity contribution < 1.29 is 9.59 Å². The lowest BCUT2D eigenvalue weighted by Crippen LogP contribution is -2.39. The second kappa shape index (κ2) is 7.37. The molecule has 2 aromatic heterocycles. The molecule has 2 heterocycles. The number of aromatic nitrogens is 3. The summed E-state index contributed by atoms with van der Waals surface area (Å²) in [6.07, 6.45) is 1.60. The van der Waals surface area contributed by atoms with Gasteiger partial charge in [-0.1, -0.05) is 30.3 Å². The molecule has 7 nitrogen and oxygen atoms in total. The number of nitrogens with zero attached hydrogens (tertiary/aromatic N) is 3. The summed E-state index contributed by atoms with van der Waals surface area (Å²) in [7, 11) is 2.81. The van der Waals surface area contributed by atoms with E-state index in [0.717, 1.165) is 21.2 Å². The number of fused-ring (bicyclic) bond motifs is 3. The lowest BCUT2D eigenvalue weighted by molar-refractivity contribution is 0.0991. The normalized spacial score (nSPS) is 13.5. The van der Waals surface area contributed by atoms with Gasteiger partial charge in [-0.3, -0.25) is 23.5 Å². The number of carbonyl (C=O) groups is 2. The number of ketones is 2. The molecule has 0 atom stereocenters. The Kier molecular flexibility index (Phi) is 4.99. The highest BCUT2D eigenvalue weighted by molar-refractivity contribution is 8.04. The van der Waals surface area contributed by atoms with Crippen LogP contribution in [0.4, 0.5) is 0 Å². The molecule has 30 heavy (non-hydrogen) atoms. The lowest BCUT2D eigenvalue weighted by atomic mass is 9.90. The summed E-state index contributed by atoms with van der Waals surface area (Å²) in [6.45, 7) is 1.80. The van der Waals surface area contributed by atoms with E-state index >= 15 is 0 Å². The van der Waals surface area contributed by atoms with Gasteiger partial charge < -0.3 is 0 Å². The van der Waals surface area contributed by atoms with Crippen LogP contribution in [0.1, 0.15) is 33.3 Å². The van der Waals surface area contributed by atoms with Gasteiger partial charge in [0, 0.05) is 30.1 Å². The fraction of sp³-hybridized carbons (Fsp3) is 0.190. The quantitative estimate of drug-likeness (QED) is 0.620. The zero-order valence-electron chi connectivity index (χ0n) is 16.4. The van der Waals surface area contributed by atoms with Crippen LogP contribution in [-0.4, -0.2) is 25.7 Å². The van der Waals surface area contributed by atoms with Crippen LogP contribution in [0.3, 0.4) is 0 Å². The molecule has 0 unspecified atom stereocenters. The van der Waals surface area contributed by atoms with Gasteiger partial charge in [0.15, 0.2) is 5.78 Å². The molecule has 3 aromatic rings. The molecule has 1 aliphatic carbocycles. The van der Waals surface area contributed by atoms with Crippen LogP contribution in [0.25, 0.3) is 11.0 Å². The number of Topliss-reactive ketones (excluding diaryl/α,β-unsaturated/α-hetero) is 1. The number of hydrogen-bond donors (Lipinski definition) is 0. The average molecular weight is 442 g/mol. The van der Waals surface area contributed by atoms with Gasteiger partial charge in [-0.05, 0) is 30.7 Å². The number of carbonyl (C=O) groups excluding carboxylic acids is 2. The van der Waals surface area contributed by atoms with Crippen molar-refractivity contribution in [1.82, 2.24) is 14.1 Å². The predicted molar refractivity (Wildman–Crippen MR) is 116 cm³/mol. The summed E-state index contributed by atoms with van der Waals surface area (Å²) >= 11 is 7.06. The molecule has 4 rings (SSSR count). The lowest BCUT2D eigenvalue weighted by Gasteiger charge is -2.20. The minimum absolute atomic E-state index is 0.0125. The van der Waals surface area contributed by atoms with Gasteiger partial charge in [0.1, 0.15) is 5.65 Å². The SMILES string of the molecule is CCc1nc2c(c3c1C(=O)C(Sc1ccc(Cl)cc1)=CC3=O)c(=O)n(C)c(=O)n2C. The van der Waals surface area contributed by atoms with Gasteiger partial charge in [0.05, 0.1) is 27.1 Å². The highest BCUT2D eigenvalue weighted by Gasteiger charge is 2.33. The monoisotopic (exact) mass is 441 g/mol. The minimum atomic E-state index is -0.650. The van der Waals surface area contributed by atoms with Gasteiger partial charge in [-0.15, -0.1) is 0 Å². The molecule has 1 aliphatic rings. The Morgan fingerprint density at radius 1 is 1.00 bits per heavy atom. The van der Waals surface area contributed by atoms with Gasteiger partial charge in [0.25, 0.3) is 5.56 Å². The number of thioether (sulfide) groups is 1. The van der Waals surface area contributed by atoms with E-state index in [9.17, 15) is 19.2 Å². The standard InChI is InChI=1S/C21H16ClN3O4S/c1-4-12-15-16(17-19(23-12)24(2)21(29)25(3)20(17)28)13(26)9-14(18(15)27)30-11-7-5-10(22)6-8-11/h5-9H,4H2,1-3H3. The Morgan fingerprint density at radius 2 is 1.67 bits per heavy atom. The summed E-state index contributed by atoms with van der Waals surface area (Å²) in [4.78, 5) is 57.0. The van der Waals surface area contributed by atoms with Gasteiger partial charge in [-0.25, -0.2) is 9.78 Å². The molecule has 152 valence electrons. The fourth-order valence-corrected chi connectivity index (χ4v) is 4.48. The van der Waals surface area contributed by atoms with Crippen LogP contribution < -0.4 is 11.2 Å². The van der Waals surface area contributed by atoms with Crippen molar-refractivity contribution in [3.8, 4) is 0 Å². The van der Waals surface area contributed by atoms with Crippen molar-refractivity contribution in [2.24, 2.45) is 14.1 Å². The highest BCUT2D eigenvalue weighted by atomic mass is 35.5. The molecule has 9 heteroatoms. The van der Waals surface area contributed by atoms with Gasteiger partial charge >= 0.3 is 5.69 Å². The van der Waals surface area contributed by atoms with Crippen LogP contribution in [-0.2, 0) is 20.5 Å². The molecule has 0 N–H and O–H groups in total. The van der Waals surface area contributed by atoms with Crippen LogP contribution in [0.15, 0.2) is 49.7 Å². The van der Waals surface area contributed by atoms with Crippen molar-refractivity contribution in [1.29, 1.82) is 0 Å². The molecular formula is C21H16ClN3O4S. The Hall–Kier alpha value is -2.97. The number of pyridine rings is 1. The molecule has 0 aliphatic heterocycles. The van der Waals surface area contributed by atoms with E-state index in [4.69, 9.17) is 11.6 Å². The maximum Gasteiger partial charge on any atom is 0.332 e. The first kappa shape index (κ1) is 20.3. The second-order valence-corrected chi connectivity index (χ2v) is 8.38. The Labute approximate surface area is 180 Å². The summed E-state index contributed by atoms with van der Waals surface area (Å²) in [5, 5.41) is 0.548. The molecular weight excluding hydrogens is 426 g/mol. The molecule has 1 aromatic carbocycles. The molecule has 0 saturated heterocycles. The zero-order chi connectivity index (χ0) is 21.7. The van der Waals surface area contributed by atoms with E-state index in [2.05, 4.69) is 4.98 Å². The van der Waals surface area contributed by atoms with E-state index < -0.39 is 17.0 Å². The van der Waals surface area contributed by atoms with E-state index in [1.54, 1.807) is 31.2 Å². The largest absolute Gasteiger partial charge is 0.332 e. The molecule has 0 spiro atoms. The number of hydrogen-bond acceptors (Lipinski definition) is 6. The Morgan fingerprint density at radius 3 is 2.30 bits per heavy atom. The summed E-state index contributed by atoms with van der Waals surface area (Å²) < 4.78 is 2.13. The van der Waals surface area contributed by atoms with E-state index in [1.807, 2.05) is 0 Å². The fourth-order valence-electron chi connectivity index (χ4n) is 3.47. The Balaban J connectivity index is 1.99. The predicted octanol–water partition coefficient (Wildman–Crippen LogP) is 2.90. The third-order valence-corrected chi connectivity index (χ3v) is 6.28.